The lowest BCUT2D eigenvalue weighted by molar-refractivity contribution is 0.354. The third-order valence-corrected chi connectivity index (χ3v) is 3.54. The first-order valence-corrected chi connectivity index (χ1v) is 7.32. The van der Waals surface area contributed by atoms with Gasteiger partial charge in [-0.3, -0.25) is 0 Å². The average molecular weight is 301 g/mol. The van der Waals surface area contributed by atoms with Crippen LogP contribution in [0.4, 0.5) is 0 Å². The molecule has 0 aliphatic carbocycles. The van der Waals surface area contributed by atoms with Crippen molar-refractivity contribution >= 4 is 0 Å². The summed E-state index contributed by atoms with van der Waals surface area (Å²) in [7, 11) is 5.00. The van der Waals surface area contributed by atoms with Gasteiger partial charge in [0.1, 0.15) is 5.75 Å². The maximum absolute atomic E-state index is 5.36. The summed E-state index contributed by atoms with van der Waals surface area (Å²) in [5, 5.41) is 3.44. The van der Waals surface area contributed by atoms with Gasteiger partial charge in [-0.2, -0.15) is 0 Å². The monoisotopic (exact) mass is 301 g/mol. The molecule has 118 valence electrons. The van der Waals surface area contributed by atoms with Crippen LogP contribution in [0.2, 0.25) is 0 Å². The molecule has 4 heteroatoms. The van der Waals surface area contributed by atoms with Crippen LogP contribution in [0.15, 0.2) is 42.5 Å². The second-order valence-corrected chi connectivity index (χ2v) is 4.93. The Labute approximate surface area is 132 Å². The summed E-state index contributed by atoms with van der Waals surface area (Å²) in [4.78, 5) is 0. The van der Waals surface area contributed by atoms with Crippen molar-refractivity contribution in [2.75, 3.05) is 27.9 Å². The molecular weight excluding hydrogens is 278 g/mol. The third kappa shape index (κ3) is 4.15. The van der Waals surface area contributed by atoms with Crippen LogP contribution in [-0.4, -0.2) is 27.9 Å². The highest BCUT2D eigenvalue weighted by molar-refractivity contribution is 5.42. The van der Waals surface area contributed by atoms with E-state index in [1.165, 1.54) is 5.56 Å². The molecule has 0 aliphatic heterocycles. The smallest absolute Gasteiger partial charge is 0.161 e. The van der Waals surface area contributed by atoms with Gasteiger partial charge >= 0.3 is 0 Å². The lowest BCUT2D eigenvalue weighted by Crippen LogP contribution is -2.17. The van der Waals surface area contributed by atoms with Crippen molar-refractivity contribution < 1.29 is 14.2 Å². The van der Waals surface area contributed by atoms with Gasteiger partial charge < -0.3 is 19.5 Å². The summed E-state index contributed by atoms with van der Waals surface area (Å²) in [5.41, 5.74) is 2.38. The Kier molecular flexibility index (Phi) is 6.10. The molecule has 0 radical (unpaired) electrons. The minimum absolute atomic E-state index is 0.750. The number of hydrogen-bond donors (Lipinski definition) is 1. The van der Waals surface area contributed by atoms with Crippen molar-refractivity contribution in [2.24, 2.45) is 0 Å². The van der Waals surface area contributed by atoms with E-state index < -0.39 is 0 Å². The van der Waals surface area contributed by atoms with Crippen molar-refractivity contribution in [2.45, 2.75) is 13.0 Å². The maximum Gasteiger partial charge on any atom is 0.161 e. The van der Waals surface area contributed by atoms with Crippen LogP contribution in [0.3, 0.4) is 0 Å². The Balaban J connectivity index is 1.86. The molecule has 22 heavy (non-hydrogen) atoms. The fraction of sp³-hybridized carbons (Fsp3) is 0.333. The molecule has 0 fully saturated rings. The van der Waals surface area contributed by atoms with Crippen LogP contribution >= 0.6 is 0 Å². The van der Waals surface area contributed by atoms with Crippen LogP contribution < -0.4 is 19.5 Å². The SMILES string of the molecule is COc1ccccc1CCNCc1ccc(OC)c(OC)c1. The fourth-order valence-electron chi connectivity index (χ4n) is 2.36. The van der Waals surface area contributed by atoms with E-state index in [9.17, 15) is 0 Å². The van der Waals surface area contributed by atoms with Crippen LogP contribution in [-0.2, 0) is 13.0 Å². The number of ether oxygens (including phenoxy) is 3. The standard InChI is InChI=1S/C18H23NO3/c1-20-16-7-5-4-6-15(16)10-11-19-13-14-8-9-17(21-2)18(12-14)22-3/h4-9,12,19H,10-11,13H2,1-3H3. The number of benzene rings is 2. The minimum atomic E-state index is 0.750. The molecule has 0 heterocycles. The van der Waals surface area contributed by atoms with Crippen molar-refractivity contribution in [3.05, 3.63) is 53.6 Å². The normalized spacial score (nSPS) is 10.3. The van der Waals surface area contributed by atoms with E-state index >= 15 is 0 Å². The first-order valence-electron chi connectivity index (χ1n) is 7.32. The number of nitrogens with one attached hydrogen (secondary N) is 1. The Morgan fingerprint density at radius 1 is 0.818 bits per heavy atom. The van der Waals surface area contributed by atoms with Crippen molar-refractivity contribution in [3.8, 4) is 17.2 Å². The van der Waals surface area contributed by atoms with Crippen LogP contribution in [0.5, 0.6) is 17.2 Å². The second-order valence-electron chi connectivity index (χ2n) is 4.93. The minimum Gasteiger partial charge on any atom is -0.496 e. The van der Waals surface area contributed by atoms with Crippen LogP contribution in [0.1, 0.15) is 11.1 Å². The second kappa shape index (κ2) is 8.29. The molecule has 0 unspecified atom stereocenters. The molecule has 4 nitrogen and oxygen atoms in total. The van der Waals surface area contributed by atoms with Gasteiger partial charge in [-0.05, 0) is 42.3 Å². The molecule has 2 aromatic carbocycles. The molecule has 0 atom stereocenters. The largest absolute Gasteiger partial charge is 0.496 e. The first kappa shape index (κ1) is 16.2. The van der Waals surface area contributed by atoms with E-state index in [4.69, 9.17) is 14.2 Å². The quantitative estimate of drug-likeness (QED) is 0.761. The van der Waals surface area contributed by atoms with Gasteiger partial charge in [0.25, 0.3) is 0 Å². The Morgan fingerprint density at radius 2 is 1.55 bits per heavy atom. The summed E-state index contributed by atoms with van der Waals surface area (Å²) in [5.74, 6) is 2.45. The van der Waals surface area contributed by atoms with Gasteiger partial charge in [0.2, 0.25) is 0 Å². The molecule has 2 rings (SSSR count). The fourth-order valence-corrected chi connectivity index (χ4v) is 2.36. The van der Waals surface area contributed by atoms with E-state index in [1.54, 1.807) is 21.3 Å². The Morgan fingerprint density at radius 3 is 2.27 bits per heavy atom. The van der Waals surface area contributed by atoms with Crippen LogP contribution in [0, 0.1) is 0 Å². The third-order valence-electron chi connectivity index (χ3n) is 3.54. The summed E-state index contributed by atoms with van der Waals surface area (Å²) in [6.45, 7) is 1.67. The summed E-state index contributed by atoms with van der Waals surface area (Å²) < 4.78 is 15.9. The van der Waals surface area contributed by atoms with E-state index in [2.05, 4.69) is 11.4 Å². The van der Waals surface area contributed by atoms with Gasteiger partial charge in [0, 0.05) is 6.54 Å². The molecule has 0 saturated heterocycles. The number of methoxy groups -OCH3 is 3. The average Bonchev–Trinajstić information content (AvgIpc) is 2.58. The lowest BCUT2D eigenvalue weighted by atomic mass is 10.1. The zero-order valence-electron chi connectivity index (χ0n) is 13.4. The molecule has 0 aromatic heterocycles. The zero-order valence-corrected chi connectivity index (χ0v) is 13.4. The Bertz CT molecular complexity index is 599. The van der Waals surface area contributed by atoms with Crippen molar-refractivity contribution in [1.29, 1.82) is 0 Å². The van der Waals surface area contributed by atoms with E-state index in [0.29, 0.717) is 0 Å². The maximum atomic E-state index is 5.36. The predicted octanol–water partition coefficient (Wildman–Crippen LogP) is 3.04. The first-order chi connectivity index (χ1) is 10.8. The highest BCUT2D eigenvalue weighted by Gasteiger charge is 2.05. The van der Waals surface area contributed by atoms with Gasteiger partial charge in [0.05, 0.1) is 21.3 Å². The Hall–Kier alpha value is -2.20. The molecule has 0 saturated carbocycles. The van der Waals surface area contributed by atoms with Gasteiger partial charge in [-0.25, -0.2) is 0 Å². The van der Waals surface area contributed by atoms with Gasteiger partial charge in [0.15, 0.2) is 11.5 Å². The van der Waals surface area contributed by atoms with E-state index in [-0.39, 0.29) is 0 Å². The van der Waals surface area contributed by atoms with Crippen LogP contribution in [0.25, 0.3) is 0 Å². The highest BCUT2D eigenvalue weighted by Crippen LogP contribution is 2.27. The highest BCUT2D eigenvalue weighted by atomic mass is 16.5. The molecule has 2 aromatic rings. The summed E-state index contributed by atoms with van der Waals surface area (Å²) in [6, 6.07) is 14.1. The molecule has 0 aliphatic rings. The molecule has 0 spiro atoms. The molecular formula is C18H23NO3. The topological polar surface area (TPSA) is 39.7 Å². The van der Waals surface area contributed by atoms with Gasteiger partial charge in [-0.15, -0.1) is 0 Å². The zero-order chi connectivity index (χ0) is 15.8. The molecule has 1 N–H and O–H groups in total. The van der Waals surface area contributed by atoms with E-state index in [0.717, 1.165) is 42.3 Å². The molecule has 0 amide bonds. The summed E-state index contributed by atoms with van der Waals surface area (Å²) in [6.07, 6.45) is 0.928. The number of hydrogen-bond acceptors (Lipinski definition) is 4. The lowest BCUT2D eigenvalue weighted by Gasteiger charge is -2.11. The number of para-hydroxylation sites is 1. The summed E-state index contributed by atoms with van der Waals surface area (Å²) >= 11 is 0. The van der Waals surface area contributed by atoms with Crippen molar-refractivity contribution in [1.82, 2.24) is 5.32 Å². The molecule has 0 bridgehead atoms. The predicted molar refractivity (Wildman–Crippen MR) is 88.0 cm³/mol. The van der Waals surface area contributed by atoms with E-state index in [1.807, 2.05) is 36.4 Å². The number of rotatable bonds is 8. The van der Waals surface area contributed by atoms with Crippen molar-refractivity contribution in [3.63, 3.8) is 0 Å². The van der Waals surface area contributed by atoms with Gasteiger partial charge in [-0.1, -0.05) is 24.3 Å².